The van der Waals surface area contributed by atoms with Crippen LogP contribution in [0.1, 0.15) is 11.1 Å². The lowest BCUT2D eigenvalue weighted by atomic mass is 10.1. The molecule has 2 heterocycles. The van der Waals surface area contributed by atoms with E-state index < -0.39 is 0 Å². The molecule has 3 nitrogen and oxygen atoms in total. The van der Waals surface area contributed by atoms with Gasteiger partial charge in [0, 0.05) is 17.7 Å². The predicted molar refractivity (Wildman–Crippen MR) is 85.9 cm³/mol. The van der Waals surface area contributed by atoms with Gasteiger partial charge in [0.15, 0.2) is 0 Å². The Labute approximate surface area is 128 Å². The van der Waals surface area contributed by atoms with Crippen molar-refractivity contribution in [3.05, 3.63) is 65.5 Å². The number of anilines is 1. The molecule has 1 aliphatic rings. The summed E-state index contributed by atoms with van der Waals surface area (Å²) in [6, 6.07) is 15.0. The van der Waals surface area contributed by atoms with E-state index in [-0.39, 0.29) is 5.82 Å². The summed E-state index contributed by atoms with van der Waals surface area (Å²) in [5.74, 6) is 0.637. The standard InChI is InChI=1S/C18H16FN3/c1-12-6-8-13(9-7-12)17-14-10-11-20-18(14)22(21-17)16-5-3-2-4-15(16)19/h2-9,20H,10-11H2,1H3. The van der Waals surface area contributed by atoms with E-state index >= 15 is 0 Å². The summed E-state index contributed by atoms with van der Waals surface area (Å²) < 4.78 is 15.8. The normalized spacial score (nSPS) is 13.0. The maximum absolute atomic E-state index is 14.1. The molecule has 0 unspecified atom stereocenters. The van der Waals surface area contributed by atoms with E-state index in [0.717, 1.165) is 35.6 Å². The first-order chi connectivity index (χ1) is 10.7. The minimum absolute atomic E-state index is 0.267. The zero-order valence-corrected chi connectivity index (χ0v) is 12.3. The van der Waals surface area contributed by atoms with Crippen LogP contribution in [0.2, 0.25) is 0 Å². The second kappa shape index (κ2) is 4.98. The van der Waals surface area contributed by atoms with Gasteiger partial charge in [0.1, 0.15) is 17.3 Å². The molecule has 22 heavy (non-hydrogen) atoms. The highest BCUT2D eigenvalue weighted by molar-refractivity contribution is 5.73. The van der Waals surface area contributed by atoms with E-state index in [2.05, 4.69) is 41.6 Å². The fraction of sp³-hybridized carbons (Fsp3) is 0.167. The van der Waals surface area contributed by atoms with Crippen molar-refractivity contribution in [2.45, 2.75) is 13.3 Å². The third-order valence-corrected chi connectivity index (χ3v) is 4.06. The monoisotopic (exact) mass is 293 g/mol. The summed E-state index contributed by atoms with van der Waals surface area (Å²) in [4.78, 5) is 0. The SMILES string of the molecule is Cc1ccc(-c2nn(-c3ccccc3F)c3c2CCN3)cc1. The molecule has 0 bridgehead atoms. The molecular weight excluding hydrogens is 277 g/mol. The van der Waals surface area contributed by atoms with Crippen molar-refractivity contribution >= 4 is 5.82 Å². The van der Waals surface area contributed by atoms with Crippen molar-refractivity contribution in [2.24, 2.45) is 0 Å². The van der Waals surface area contributed by atoms with Crippen molar-refractivity contribution in [1.29, 1.82) is 0 Å². The Morgan fingerprint density at radius 1 is 1.09 bits per heavy atom. The fourth-order valence-electron chi connectivity index (χ4n) is 2.92. The number of benzene rings is 2. The number of fused-ring (bicyclic) bond motifs is 1. The highest BCUT2D eigenvalue weighted by atomic mass is 19.1. The zero-order valence-electron chi connectivity index (χ0n) is 12.3. The lowest BCUT2D eigenvalue weighted by molar-refractivity contribution is 0.612. The molecule has 0 spiro atoms. The van der Waals surface area contributed by atoms with Crippen LogP contribution in [0.3, 0.4) is 0 Å². The van der Waals surface area contributed by atoms with Gasteiger partial charge in [-0.05, 0) is 25.5 Å². The second-order valence-electron chi connectivity index (χ2n) is 5.58. The molecule has 1 N–H and O–H groups in total. The molecule has 0 saturated carbocycles. The number of halogens is 1. The largest absolute Gasteiger partial charge is 0.369 e. The molecule has 1 aliphatic heterocycles. The van der Waals surface area contributed by atoms with E-state index in [0.29, 0.717) is 5.69 Å². The van der Waals surface area contributed by atoms with Gasteiger partial charge in [-0.25, -0.2) is 9.07 Å². The summed E-state index contributed by atoms with van der Waals surface area (Å²) in [6.45, 7) is 2.92. The fourth-order valence-corrected chi connectivity index (χ4v) is 2.92. The molecule has 0 aliphatic carbocycles. The Kier molecular flexibility index (Phi) is 2.96. The summed E-state index contributed by atoms with van der Waals surface area (Å²) in [5, 5.41) is 8.01. The number of aromatic nitrogens is 2. The molecule has 0 radical (unpaired) electrons. The van der Waals surface area contributed by atoms with Gasteiger partial charge in [-0.15, -0.1) is 0 Å². The second-order valence-corrected chi connectivity index (χ2v) is 5.58. The van der Waals surface area contributed by atoms with Gasteiger partial charge in [-0.3, -0.25) is 0 Å². The maximum atomic E-state index is 14.1. The first-order valence-electron chi connectivity index (χ1n) is 7.42. The third-order valence-electron chi connectivity index (χ3n) is 4.06. The summed E-state index contributed by atoms with van der Waals surface area (Å²) >= 11 is 0. The van der Waals surface area contributed by atoms with Crippen LogP contribution in [-0.4, -0.2) is 16.3 Å². The molecule has 4 rings (SSSR count). The highest BCUT2D eigenvalue weighted by Gasteiger charge is 2.24. The number of hydrogen-bond donors (Lipinski definition) is 1. The third kappa shape index (κ3) is 1.99. The predicted octanol–water partition coefficient (Wildman–Crippen LogP) is 3.95. The molecular formula is C18H16FN3. The van der Waals surface area contributed by atoms with E-state index in [9.17, 15) is 4.39 Å². The van der Waals surface area contributed by atoms with Gasteiger partial charge in [-0.1, -0.05) is 42.0 Å². The summed E-state index contributed by atoms with van der Waals surface area (Å²) in [6.07, 6.45) is 0.910. The minimum Gasteiger partial charge on any atom is -0.369 e. The van der Waals surface area contributed by atoms with Gasteiger partial charge >= 0.3 is 0 Å². The van der Waals surface area contributed by atoms with Crippen LogP contribution < -0.4 is 5.32 Å². The van der Waals surface area contributed by atoms with Crippen LogP contribution in [-0.2, 0) is 6.42 Å². The average Bonchev–Trinajstić information content (AvgIpc) is 3.11. The summed E-state index contributed by atoms with van der Waals surface area (Å²) in [7, 11) is 0. The smallest absolute Gasteiger partial charge is 0.148 e. The highest BCUT2D eigenvalue weighted by Crippen LogP contribution is 2.35. The Hall–Kier alpha value is -2.62. The topological polar surface area (TPSA) is 29.9 Å². The quantitative estimate of drug-likeness (QED) is 0.775. The van der Waals surface area contributed by atoms with E-state index in [4.69, 9.17) is 0 Å². The van der Waals surface area contributed by atoms with Gasteiger partial charge in [0.25, 0.3) is 0 Å². The molecule has 0 amide bonds. The first kappa shape index (κ1) is 13.1. The Morgan fingerprint density at radius 2 is 1.86 bits per heavy atom. The zero-order chi connectivity index (χ0) is 15.1. The van der Waals surface area contributed by atoms with Crippen LogP contribution in [0.4, 0.5) is 10.2 Å². The molecule has 0 saturated heterocycles. The van der Waals surface area contributed by atoms with E-state index in [1.54, 1.807) is 16.8 Å². The minimum atomic E-state index is -0.267. The average molecular weight is 293 g/mol. The van der Waals surface area contributed by atoms with E-state index in [1.807, 2.05) is 6.07 Å². The van der Waals surface area contributed by atoms with Crippen LogP contribution >= 0.6 is 0 Å². The van der Waals surface area contributed by atoms with Gasteiger partial charge in [0.2, 0.25) is 0 Å². The van der Waals surface area contributed by atoms with Gasteiger partial charge < -0.3 is 5.32 Å². The van der Waals surface area contributed by atoms with E-state index in [1.165, 1.54) is 11.6 Å². The number of hydrogen-bond acceptors (Lipinski definition) is 2. The lowest BCUT2D eigenvalue weighted by Gasteiger charge is -2.07. The van der Waals surface area contributed by atoms with Crippen molar-refractivity contribution in [3.63, 3.8) is 0 Å². The van der Waals surface area contributed by atoms with Crippen LogP contribution in [0.15, 0.2) is 48.5 Å². The molecule has 1 aromatic heterocycles. The van der Waals surface area contributed by atoms with Crippen LogP contribution in [0, 0.1) is 12.7 Å². The van der Waals surface area contributed by atoms with Crippen molar-refractivity contribution in [1.82, 2.24) is 9.78 Å². The molecule has 0 fully saturated rings. The molecule has 3 aromatic rings. The Bertz CT molecular complexity index is 834. The first-order valence-corrected chi connectivity index (χ1v) is 7.42. The number of aryl methyl sites for hydroxylation is 1. The molecule has 4 heteroatoms. The van der Waals surface area contributed by atoms with Crippen molar-refractivity contribution < 1.29 is 4.39 Å². The number of nitrogens with one attached hydrogen (secondary N) is 1. The number of rotatable bonds is 2. The van der Waals surface area contributed by atoms with Gasteiger partial charge in [0.05, 0.1) is 5.69 Å². The van der Waals surface area contributed by atoms with Crippen molar-refractivity contribution in [3.8, 4) is 16.9 Å². The number of para-hydroxylation sites is 1. The van der Waals surface area contributed by atoms with Crippen LogP contribution in [0.25, 0.3) is 16.9 Å². The molecule has 0 atom stereocenters. The van der Waals surface area contributed by atoms with Crippen molar-refractivity contribution in [2.75, 3.05) is 11.9 Å². The Morgan fingerprint density at radius 3 is 2.64 bits per heavy atom. The van der Waals surface area contributed by atoms with Crippen LogP contribution in [0.5, 0.6) is 0 Å². The number of nitrogens with zero attached hydrogens (tertiary/aromatic N) is 2. The summed E-state index contributed by atoms with van der Waals surface area (Å²) in [5.41, 5.74) is 4.86. The molecule has 2 aromatic carbocycles. The Balaban J connectivity index is 1.90. The molecule has 110 valence electrons. The lowest BCUT2D eigenvalue weighted by Crippen LogP contribution is -2.05. The maximum Gasteiger partial charge on any atom is 0.148 e. The van der Waals surface area contributed by atoms with Gasteiger partial charge in [-0.2, -0.15) is 5.10 Å².